The van der Waals surface area contributed by atoms with Gasteiger partial charge in [-0.3, -0.25) is 4.79 Å². The van der Waals surface area contributed by atoms with E-state index in [1.165, 1.54) is 36.5 Å². The van der Waals surface area contributed by atoms with Crippen molar-refractivity contribution in [2.45, 2.75) is 9.61 Å². The van der Waals surface area contributed by atoms with E-state index in [4.69, 9.17) is 23.2 Å². The normalized spacial score (nSPS) is 11.3. The molecule has 1 amide bonds. The van der Waals surface area contributed by atoms with Crippen molar-refractivity contribution < 1.29 is 13.6 Å². The summed E-state index contributed by atoms with van der Waals surface area (Å²) in [5.41, 5.74) is 0.764. The summed E-state index contributed by atoms with van der Waals surface area (Å²) in [4.78, 5) is 16.2. The number of alkyl halides is 3. The van der Waals surface area contributed by atoms with Gasteiger partial charge in [-0.05, 0) is 69.6 Å². The number of rotatable bonds is 4. The topological polar surface area (TPSA) is 42.0 Å². The Morgan fingerprint density at radius 2 is 1.95 bits per heavy atom. The molecule has 1 heterocycles. The first-order chi connectivity index (χ1) is 10.2. The van der Waals surface area contributed by atoms with Crippen LogP contribution in [-0.2, 0) is 0 Å². The van der Waals surface area contributed by atoms with Crippen molar-refractivity contribution in [1.82, 2.24) is 4.98 Å². The molecule has 2 rings (SSSR count). The summed E-state index contributed by atoms with van der Waals surface area (Å²) >= 11 is 14.0. The minimum atomic E-state index is -3.37. The summed E-state index contributed by atoms with van der Waals surface area (Å²) < 4.78 is 22.4. The zero-order valence-corrected chi connectivity index (χ0v) is 14.5. The fourth-order valence-electron chi connectivity index (χ4n) is 1.49. The standard InChI is InChI=1S/C13H7BrCl2F2N2OS/c14-10-5-7(6-19-11(10)15)12(21)20-8-1-3-9(4-2-8)22-13(16,17)18/h1-6H,(H,20,21). The van der Waals surface area contributed by atoms with Crippen LogP contribution < -0.4 is 5.32 Å². The van der Waals surface area contributed by atoms with Crippen LogP contribution in [-0.4, -0.2) is 15.6 Å². The maximum atomic E-state index is 12.6. The largest absolute Gasteiger partial charge is 0.375 e. The van der Waals surface area contributed by atoms with E-state index in [9.17, 15) is 13.6 Å². The second-order valence-corrected chi connectivity index (χ2v) is 7.12. The lowest BCUT2D eigenvalue weighted by atomic mass is 10.2. The molecule has 1 N–H and O–H groups in total. The average Bonchev–Trinajstić information content (AvgIpc) is 2.42. The third-order valence-corrected chi connectivity index (χ3v) is 4.51. The predicted octanol–water partition coefficient (Wildman–Crippen LogP) is 5.63. The van der Waals surface area contributed by atoms with Crippen LogP contribution in [0.15, 0.2) is 45.9 Å². The molecule has 0 saturated carbocycles. The number of benzene rings is 1. The zero-order chi connectivity index (χ0) is 16.3. The predicted molar refractivity (Wildman–Crippen MR) is 88.0 cm³/mol. The Morgan fingerprint density at radius 1 is 1.32 bits per heavy atom. The van der Waals surface area contributed by atoms with E-state index in [1.807, 2.05) is 0 Å². The second-order valence-electron chi connectivity index (χ2n) is 4.02. The number of halogens is 5. The number of aromatic nitrogens is 1. The molecule has 0 unspecified atom stereocenters. The number of carbonyl (C=O) groups is 1. The Balaban J connectivity index is 2.07. The first kappa shape index (κ1) is 17.5. The van der Waals surface area contributed by atoms with Crippen molar-refractivity contribution in [2.75, 3.05) is 5.32 Å². The highest BCUT2D eigenvalue weighted by Crippen LogP contribution is 2.39. The number of carbonyl (C=O) groups excluding carboxylic acids is 1. The van der Waals surface area contributed by atoms with Crippen molar-refractivity contribution in [3.8, 4) is 0 Å². The lowest BCUT2D eigenvalue weighted by Crippen LogP contribution is -2.12. The molecule has 22 heavy (non-hydrogen) atoms. The number of nitrogens with zero attached hydrogens (tertiary/aromatic N) is 1. The maximum Gasteiger partial charge on any atom is 0.375 e. The molecule has 3 nitrogen and oxygen atoms in total. The highest BCUT2D eigenvalue weighted by Gasteiger charge is 2.26. The quantitative estimate of drug-likeness (QED) is 0.390. The van der Waals surface area contributed by atoms with Crippen LogP contribution in [0.25, 0.3) is 0 Å². The summed E-state index contributed by atoms with van der Waals surface area (Å²) in [5.74, 6) is -0.395. The molecule has 0 bridgehead atoms. The third kappa shape index (κ3) is 5.08. The molecule has 1 aromatic heterocycles. The molecule has 116 valence electrons. The van der Waals surface area contributed by atoms with Gasteiger partial charge in [0.1, 0.15) is 5.15 Å². The number of hydrogen-bond acceptors (Lipinski definition) is 3. The molecule has 2 aromatic rings. The van der Waals surface area contributed by atoms with Gasteiger partial charge in [-0.15, -0.1) is 0 Å². The molecule has 0 spiro atoms. The number of anilines is 1. The molecule has 0 radical (unpaired) electrons. The molecule has 0 atom stereocenters. The molecular formula is C13H7BrCl2F2N2OS. The summed E-state index contributed by atoms with van der Waals surface area (Å²) in [6.07, 6.45) is 1.33. The van der Waals surface area contributed by atoms with E-state index in [2.05, 4.69) is 26.2 Å². The number of amides is 1. The molecule has 0 saturated heterocycles. The van der Waals surface area contributed by atoms with E-state index >= 15 is 0 Å². The van der Waals surface area contributed by atoms with Crippen LogP contribution in [0.4, 0.5) is 14.5 Å². The molecule has 0 aliphatic rings. The van der Waals surface area contributed by atoms with E-state index in [1.54, 1.807) is 0 Å². The van der Waals surface area contributed by atoms with Crippen molar-refractivity contribution >= 4 is 62.5 Å². The van der Waals surface area contributed by atoms with Gasteiger partial charge in [-0.1, -0.05) is 11.6 Å². The van der Waals surface area contributed by atoms with Crippen molar-refractivity contribution in [3.63, 3.8) is 0 Å². The van der Waals surface area contributed by atoms with Crippen LogP contribution in [0.3, 0.4) is 0 Å². The highest BCUT2D eigenvalue weighted by molar-refractivity contribution is 9.10. The van der Waals surface area contributed by atoms with Gasteiger partial charge < -0.3 is 5.32 Å². The van der Waals surface area contributed by atoms with Gasteiger partial charge in [0.2, 0.25) is 0 Å². The third-order valence-electron chi connectivity index (χ3n) is 2.40. The zero-order valence-electron chi connectivity index (χ0n) is 10.6. The van der Waals surface area contributed by atoms with E-state index < -0.39 is 10.6 Å². The van der Waals surface area contributed by atoms with Crippen LogP contribution in [0, 0.1) is 0 Å². The monoisotopic (exact) mass is 426 g/mol. The number of nitrogens with one attached hydrogen (secondary N) is 1. The minimum Gasteiger partial charge on any atom is -0.322 e. The first-order valence-electron chi connectivity index (χ1n) is 5.73. The number of thioether (sulfide) groups is 1. The van der Waals surface area contributed by atoms with E-state index in [0.717, 1.165) is 0 Å². The highest BCUT2D eigenvalue weighted by atomic mass is 79.9. The molecular weight excluding hydrogens is 421 g/mol. The lowest BCUT2D eigenvalue weighted by Gasteiger charge is -2.09. The Bertz CT molecular complexity index is 695. The first-order valence-corrected chi connectivity index (χ1v) is 8.09. The van der Waals surface area contributed by atoms with E-state index in [0.29, 0.717) is 15.7 Å². The van der Waals surface area contributed by atoms with Crippen LogP contribution in [0.5, 0.6) is 0 Å². The maximum absolute atomic E-state index is 12.6. The van der Waals surface area contributed by atoms with Crippen molar-refractivity contribution in [1.29, 1.82) is 0 Å². The van der Waals surface area contributed by atoms with Crippen LogP contribution in [0.1, 0.15) is 10.4 Å². The Labute approximate surface area is 147 Å². The summed E-state index contributed by atoms with van der Waals surface area (Å²) in [6, 6.07) is 7.41. The van der Waals surface area contributed by atoms with Gasteiger partial charge in [-0.25, -0.2) is 4.98 Å². The van der Waals surface area contributed by atoms with Gasteiger partial charge in [0.05, 0.1) is 10.0 Å². The SMILES string of the molecule is O=C(Nc1ccc(SC(F)(F)Cl)cc1)c1cnc(Cl)c(Br)c1. The summed E-state index contributed by atoms with van der Waals surface area (Å²) in [6.45, 7) is 0. The van der Waals surface area contributed by atoms with Gasteiger partial charge in [0.25, 0.3) is 5.91 Å². The fraction of sp³-hybridized carbons (Fsp3) is 0.0769. The van der Waals surface area contributed by atoms with E-state index in [-0.39, 0.29) is 21.8 Å². The lowest BCUT2D eigenvalue weighted by molar-refractivity contribution is 0.102. The summed E-state index contributed by atoms with van der Waals surface area (Å²) in [7, 11) is 0. The molecule has 1 aromatic carbocycles. The smallest absolute Gasteiger partial charge is 0.322 e. The van der Waals surface area contributed by atoms with Gasteiger partial charge in [0, 0.05) is 16.8 Å². The average molecular weight is 428 g/mol. The number of pyridine rings is 1. The minimum absolute atomic E-state index is 0.217. The fourth-order valence-corrected chi connectivity index (χ4v) is 2.75. The number of hydrogen-bond donors (Lipinski definition) is 1. The Kier molecular flexibility index (Phi) is 5.65. The van der Waals surface area contributed by atoms with Crippen LogP contribution >= 0.6 is 50.9 Å². The Hall–Kier alpha value is -0.890. The molecule has 0 aliphatic heterocycles. The Morgan fingerprint density at radius 3 is 2.50 bits per heavy atom. The molecule has 0 fully saturated rings. The van der Waals surface area contributed by atoms with Crippen molar-refractivity contribution in [3.05, 3.63) is 51.7 Å². The molecule has 9 heteroatoms. The van der Waals surface area contributed by atoms with Gasteiger partial charge in [-0.2, -0.15) is 8.78 Å². The van der Waals surface area contributed by atoms with Gasteiger partial charge >= 0.3 is 4.71 Å². The van der Waals surface area contributed by atoms with Crippen LogP contribution in [0.2, 0.25) is 5.15 Å². The van der Waals surface area contributed by atoms with Gasteiger partial charge in [0.15, 0.2) is 0 Å². The van der Waals surface area contributed by atoms with Crippen molar-refractivity contribution in [2.24, 2.45) is 0 Å². The second kappa shape index (κ2) is 7.12. The summed E-state index contributed by atoms with van der Waals surface area (Å²) in [5, 5.41) is 2.87. The molecule has 0 aliphatic carbocycles.